The molecule has 0 aliphatic heterocycles. The van der Waals surface area contributed by atoms with Gasteiger partial charge in [0.25, 0.3) is 0 Å². The Hall–Kier alpha value is -1.45. The van der Waals surface area contributed by atoms with E-state index >= 15 is 0 Å². The van der Waals surface area contributed by atoms with Crippen LogP contribution >= 0.6 is 0 Å². The predicted octanol–water partition coefficient (Wildman–Crippen LogP) is 2.18. The lowest BCUT2D eigenvalue weighted by atomic mass is 10.1. The van der Waals surface area contributed by atoms with Crippen LogP contribution in [-0.2, 0) is 0 Å². The molecule has 0 unspecified atom stereocenters. The van der Waals surface area contributed by atoms with Crippen LogP contribution < -0.4 is 0 Å². The number of nitrogens with zero attached hydrogens (tertiary/aromatic N) is 2. The van der Waals surface area contributed by atoms with Crippen LogP contribution in [0.5, 0.6) is 0 Å². The Morgan fingerprint density at radius 2 is 2.20 bits per heavy atom. The zero-order valence-electron chi connectivity index (χ0n) is 8.90. The fraction of sp³-hybridized carbons (Fsp3) is 0.545. The topological polar surface area (TPSA) is 63.1 Å². The van der Waals surface area contributed by atoms with Crippen molar-refractivity contribution in [2.24, 2.45) is 0 Å². The smallest absolute Gasteiger partial charge is 0.339 e. The fourth-order valence-corrected chi connectivity index (χ4v) is 1.55. The summed E-state index contributed by atoms with van der Waals surface area (Å²) in [6.45, 7) is 3.90. The second-order valence-electron chi connectivity index (χ2n) is 4.26. The van der Waals surface area contributed by atoms with Gasteiger partial charge < -0.3 is 5.11 Å². The molecule has 1 N–H and O–H groups in total. The van der Waals surface area contributed by atoms with E-state index in [-0.39, 0.29) is 11.5 Å². The highest BCUT2D eigenvalue weighted by Crippen LogP contribution is 2.38. The van der Waals surface area contributed by atoms with Gasteiger partial charge >= 0.3 is 5.97 Å². The molecule has 4 nitrogen and oxygen atoms in total. The molecule has 1 aliphatic rings. The van der Waals surface area contributed by atoms with Crippen LogP contribution in [-0.4, -0.2) is 21.0 Å². The van der Waals surface area contributed by atoms with E-state index in [1.54, 1.807) is 0 Å². The van der Waals surface area contributed by atoms with Crippen LogP contribution in [0.2, 0.25) is 0 Å². The molecule has 1 heterocycles. The number of hydrogen-bond acceptors (Lipinski definition) is 3. The van der Waals surface area contributed by atoms with E-state index in [4.69, 9.17) is 5.11 Å². The maximum absolute atomic E-state index is 10.9. The van der Waals surface area contributed by atoms with Gasteiger partial charge in [-0.05, 0) is 18.8 Å². The number of carboxylic acid groups (broad SMARTS) is 1. The Kier molecular flexibility index (Phi) is 2.42. The first-order chi connectivity index (χ1) is 7.09. The second kappa shape index (κ2) is 3.61. The highest BCUT2D eigenvalue weighted by atomic mass is 16.4. The largest absolute Gasteiger partial charge is 0.478 e. The van der Waals surface area contributed by atoms with Gasteiger partial charge in [0.1, 0.15) is 5.82 Å². The van der Waals surface area contributed by atoms with Crippen molar-refractivity contribution in [2.75, 3.05) is 0 Å². The fourth-order valence-electron chi connectivity index (χ4n) is 1.55. The van der Waals surface area contributed by atoms with Crippen molar-refractivity contribution in [1.29, 1.82) is 0 Å². The van der Waals surface area contributed by atoms with Gasteiger partial charge in [-0.15, -0.1) is 0 Å². The first kappa shape index (κ1) is 10.1. The molecule has 0 radical (unpaired) electrons. The van der Waals surface area contributed by atoms with Crippen LogP contribution in [0.1, 0.15) is 60.4 Å². The SMILES string of the molecule is CC(C)c1nc(C2CC2)ncc1C(=O)O. The number of carbonyl (C=O) groups is 1. The minimum absolute atomic E-state index is 0.122. The van der Waals surface area contributed by atoms with Gasteiger partial charge in [0.2, 0.25) is 0 Å². The summed E-state index contributed by atoms with van der Waals surface area (Å²) in [5.41, 5.74) is 0.883. The molecule has 0 saturated heterocycles. The number of carboxylic acids is 1. The molecule has 15 heavy (non-hydrogen) atoms. The first-order valence-corrected chi connectivity index (χ1v) is 5.19. The molecule has 0 bridgehead atoms. The summed E-state index contributed by atoms with van der Waals surface area (Å²) in [5.74, 6) is 0.451. The molecule has 1 fully saturated rings. The molecule has 0 atom stereocenters. The Labute approximate surface area is 88.4 Å². The molecule has 80 valence electrons. The maximum Gasteiger partial charge on any atom is 0.339 e. The quantitative estimate of drug-likeness (QED) is 0.823. The van der Waals surface area contributed by atoms with Crippen molar-refractivity contribution in [3.8, 4) is 0 Å². The zero-order chi connectivity index (χ0) is 11.0. The number of hydrogen-bond donors (Lipinski definition) is 1. The molecule has 1 aromatic rings. The third-order valence-corrected chi connectivity index (χ3v) is 2.56. The Morgan fingerprint density at radius 3 is 2.67 bits per heavy atom. The van der Waals surface area contributed by atoms with Crippen LogP contribution in [0.4, 0.5) is 0 Å². The molecular weight excluding hydrogens is 192 g/mol. The standard InChI is InChI=1S/C11H14N2O2/c1-6(2)9-8(11(14)15)5-12-10(13-9)7-3-4-7/h5-7H,3-4H2,1-2H3,(H,14,15). The van der Waals surface area contributed by atoms with Crippen molar-refractivity contribution in [2.45, 2.75) is 38.5 Å². The highest BCUT2D eigenvalue weighted by molar-refractivity contribution is 5.88. The second-order valence-corrected chi connectivity index (χ2v) is 4.26. The monoisotopic (exact) mass is 206 g/mol. The molecule has 2 rings (SSSR count). The van der Waals surface area contributed by atoms with E-state index in [0.717, 1.165) is 18.7 Å². The number of aromatic nitrogens is 2. The molecule has 0 amide bonds. The number of rotatable bonds is 3. The average molecular weight is 206 g/mol. The van der Waals surface area contributed by atoms with Crippen molar-refractivity contribution in [3.05, 3.63) is 23.3 Å². The third-order valence-electron chi connectivity index (χ3n) is 2.56. The average Bonchev–Trinajstić information content (AvgIpc) is 2.99. The Bertz CT molecular complexity index is 398. The minimum atomic E-state index is -0.943. The van der Waals surface area contributed by atoms with E-state index in [0.29, 0.717) is 11.6 Å². The summed E-state index contributed by atoms with van der Waals surface area (Å²) in [6, 6.07) is 0. The summed E-state index contributed by atoms with van der Waals surface area (Å²) in [4.78, 5) is 19.4. The molecule has 1 aromatic heterocycles. The summed E-state index contributed by atoms with van der Waals surface area (Å²) in [7, 11) is 0. The molecule has 4 heteroatoms. The van der Waals surface area contributed by atoms with Crippen LogP contribution in [0.3, 0.4) is 0 Å². The lowest BCUT2D eigenvalue weighted by Gasteiger charge is -2.09. The van der Waals surface area contributed by atoms with Crippen LogP contribution in [0.15, 0.2) is 6.20 Å². The molecule has 1 aliphatic carbocycles. The first-order valence-electron chi connectivity index (χ1n) is 5.19. The van der Waals surface area contributed by atoms with Crippen molar-refractivity contribution in [1.82, 2.24) is 9.97 Å². The van der Waals surface area contributed by atoms with Gasteiger partial charge in [0.05, 0.1) is 11.3 Å². The third kappa shape index (κ3) is 1.98. The summed E-state index contributed by atoms with van der Waals surface area (Å²) in [6.07, 6.45) is 3.70. The highest BCUT2D eigenvalue weighted by Gasteiger charge is 2.28. The summed E-state index contributed by atoms with van der Waals surface area (Å²) < 4.78 is 0. The van der Waals surface area contributed by atoms with Gasteiger partial charge in [-0.2, -0.15) is 0 Å². The van der Waals surface area contributed by atoms with Crippen molar-refractivity contribution in [3.63, 3.8) is 0 Å². The summed E-state index contributed by atoms with van der Waals surface area (Å²) >= 11 is 0. The molecule has 0 aromatic carbocycles. The van der Waals surface area contributed by atoms with Crippen LogP contribution in [0, 0.1) is 0 Å². The maximum atomic E-state index is 10.9. The Balaban J connectivity index is 2.43. The van der Waals surface area contributed by atoms with Gasteiger partial charge in [-0.25, -0.2) is 14.8 Å². The zero-order valence-corrected chi connectivity index (χ0v) is 8.90. The lowest BCUT2D eigenvalue weighted by molar-refractivity contribution is 0.0694. The van der Waals surface area contributed by atoms with E-state index in [9.17, 15) is 4.79 Å². The van der Waals surface area contributed by atoms with E-state index in [1.807, 2.05) is 13.8 Å². The normalized spacial score (nSPS) is 15.7. The van der Waals surface area contributed by atoms with Gasteiger partial charge in [0, 0.05) is 12.1 Å². The van der Waals surface area contributed by atoms with E-state index < -0.39 is 5.97 Å². The van der Waals surface area contributed by atoms with Gasteiger partial charge in [-0.1, -0.05) is 13.8 Å². The number of aromatic carboxylic acids is 1. The van der Waals surface area contributed by atoms with Crippen molar-refractivity contribution < 1.29 is 9.90 Å². The van der Waals surface area contributed by atoms with Gasteiger partial charge in [-0.3, -0.25) is 0 Å². The summed E-state index contributed by atoms with van der Waals surface area (Å²) in [5, 5.41) is 8.98. The lowest BCUT2D eigenvalue weighted by Crippen LogP contribution is -2.09. The Morgan fingerprint density at radius 1 is 1.53 bits per heavy atom. The predicted molar refractivity (Wildman–Crippen MR) is 55.1 cm³/mol. The molecule has 0 spiro atoms. The minimum Gasteiger partial charge on any atom is -0.478 e. The molecule has 1 saturated carbocycles. The van der Waals surface area contributed by atoms with E-state index in [2.05, 4.69) is 9.97 Å². The molecular formula is C11H14N2O2. The van der Waals surface area contributed by atoms with Gasteiger partial charge in [0.15, 0.2) is 0 Å². The van der Waals surface area contributed by atoms with E-state index in [1.165, 1.54) is 6.20 Å². The van der Waals surface area contributed by atoms with Crippen LogP contribution in [0.25, 0.3) is 0 Å². The van der Waals surface area contributed by atoms with Crippen molar-refractivity contribution >= 4 is 5.97 Å².